The fourth-order valence-electron chi connectivity index (χ4n) is 1.77. The Morgan fingerprint density at radius 3 is 2.61 bits per heavy atom. The van der Waals surface area contributed by atoms with Gasteiger partial charge < -0.3 is 20.1 Å². The van der Waals surface area contributed by atoms with Crippen LogP contribution in [0.5, 0.6) is 0 Å². The van der Waals surface area contributed by atoms with Crippen LogP contribution in [0.3, 0.4) is 0 Å². The molecule has 132 valence electrons. The van der Waals surface area contributed by atoms with E-state index in [1.54, 1.807) is 11.3 Å². The second kappa shape index (κ2) is 13.3. The minimum absolute atomic E-state index is 0.597. The molecule has 0 radical (unpaired) electrons. The molecule has 0 saturated carbocycles. The number of hydrogen-bond donors (Lipinski definition) is 2. The molecule has 0 aliphatic heterocycles. The first-order valence-corrected chi connectivity index (χ1v) is 9.16. The molecular weight excluding hydrogens is 312 g/mol. The van der Waals surface area contributed by atoms with Crippen molar-refractivity contribution < 1.29 is 9.47 Å². The summed E-state index contributed by atoms with van der Waals surface area (Å²) in [6.07, 6.45) is 4.16. The van der Waals surface area contributed by atoms with E-state index in [9.17, 15) is 0 Å². The van der Waals surface area contributed by atoms with E-state index >= 15 is 0 Å². The third kappa shape index (κ3) is 10.3. The molecule has 2 N–H and O–H groups in total. The van der Waals surface area contributed by atoms with Crippen LogP contribution in [0, 0.1) is 6.92 Å². The lowest BCUT2D eigenvalue weighted by Gasteiger charge is -2.11. The van der Waals surface area contributed by atoms with Crippen LogP contribution in [0.4, 0.5) is 0 Å². The van der Waals surface area contributed by atoms with Crippen molar-refractivity contribution >= 4 is 17.3 Å². The Labute approximate surface area is 143 Å². The highest BCUT2D eigenvalue weighted by Crippen LogP contribution is 2.11. The van der Waals surface area contributed by atoms with Gasteiger partial charge >= 0.3 is 0 Å². The molecule has 1 heterocycles. The zero-order valence-corrected chi connectivity index (χ0v) is 15.4. The van der Waals surface area contributed by atoms with E-state index in [4.69, 9.17) is 9.47 Å². The zero-order chi connectivity index (χ0) is 16.8. The Hall–Kier alpha value is -1.18. The predicted octanol–water partition coefficient (Wildman–Crippen LogP) is 2.34. The normalized spacial score (nSPS) is 11.7. The first-order chi connectivity index (χ1) is 11.3. The predicted molar refractivity (Wildman–Crippen MR) is 96.2 cm³/mol. The molecule has 6 nitrogen and oxygen atoms in total. The van der Waals surface area contributed by atoms with Crippen molar-refractivity contribution in [2.45, 2.75) is 40.2 Å². The molecule has 1 aromatic heterocycles. The van der Waals surface area contributed by atoms with Gasteiger partial charge in [0.25, 0.3) is 0 Å². The number of aliphatic imine (C=N–C) groups is 1. The van der Waals surface area contributed by atoms with Crippen molar-refractivity contribution in [2.24, 2.45) is 4.99 Å². The van der Waals surface area contributed by atoms with Gasteiger partial charge in [-0.3, -0.25) is 0 Å². The highest BCUT2D eigenvalue weighted by atomic mass is 32.1. The highest BCUT2D eigenvalue weighted by molar-refractivity contribution is 7.11. The summed E-state index contributed by atoms with van der Waals surface area (Å²) in [5.74, 6) is 0.795. The monoisotopic (exact) mass is 342 g/mol. The summed E-state index contributed by atoms with van der Waals surface area (Å²) in [4.78, 5) is 10.1. The maximum atomic E-state index is 5.53. The number of thiazole rings is 1. The number of ether oxygens (including phenoxy) is 2. The number of hydrogen-bond acceptors (Lipinski definition) is 5. The van der Waals surface area contributed by atoms with Crippen molar-refractivity contribution in [1.29, 1.82) is 0 Å². The number of aromatic nitrogens is 1. The van der Waals surface area contributed by atoms with E-state index in [1.165, 1.54) is 4.88 Å². The summed E-state index contributed by atoms with van der Waals surface area (Å²) >= 11 is 1.68. The minimum atomic E-state index is 0.597. The average molecular weight is 343 g/mol. The molecule has 0 saturated heterocycles. The molecule has 0 atom stereocenters. The lowest BCUT2D eigenvalue weighted by atomic mass is 10.4. The van der Waals surface area contributed by atoms with Crippen LogP contribution in [0.15, 0.2) is 11.2 Å². The van der Waals surface area contributed by atoms with Crippen LogP contribution in [0.25, 0.3) is 0 Å². The van der Waals surface area contributed by atoms with Crippen LogP contribution in [0.1, 0.15) is 36.6 Å². The Morgan fingerprint density at radius 2 is 1.96 bits per heavy atom. The minimum Gasteiger partial charge on any atom is -0.379 e. The van der Waals surface area contributed by atoms with Gasteiger partial charge in [0.05, 0.1) is 26.4 Å². The molecule has 7 heteroatoms. The lowest BCUT2D eigenvalue weighted by molar-refractivity contribution is 0.0487. The van der Waals surface area contributed by atoms with E-state index in [1.807, 2.05) is 6.20 Å². The first-order valence-electron chi connectivity index (χ1n) is 8.35. The second-order valence-electron chi connectivity index (χ2n) is 5.06. The van der Waals surface area contributed by atoms with Gasteiger partial charge in [-0.2, -0.15) is 0 Å². The number of unbranched alkanes of at least 4 members (excludes halogenated alkanes) is 1. The second-order valence-corrected chi connectivity index (χ2v) is 6.38. The Balaban J connectivity index is 2.13. The maximum absolute atomic E-state index is 5.53. The maximum Gasteiger partial charge on any atom is 0.191 e. The van der Waals surface area contributed by atoms with Crippen LogP contribution in [0.2, 0.25) is 0 Å². The van der Waals surface area contributed by atoms with Crippen molar-refractivity contribution in [3.8, 4) is 0 Å². The summed E-state index contributed by atoms with van der Waals surface area (Å²) in [6, 6.07) is 0. The molecule has 23 heavy (non-hydrogen) atoms. The number of guanidine groups is 1. The van der Waals surface area contributed by atoms with Crippen molar-refractivity contribution in [3.05, 3.63) is 16.1 Å². The van der Waals surface area contributed by atoms with E-state index in [0.29, 0.717) is 26.4 Å². The lowest BCUT2D eigenvalue weighted by Crippen LogP contribution is -2.39. The van der Waals surface area contributed by atoms with Gasteiger partial charge in [0.2, 0.25) is 0 Å². The number of nitrogens with one attached hydrogen (secondary N) is 2. The Morgan fingerprint density at radius 1 is 1.17 bits per heavy atom. The molecule has 0 aliphatic rings. The van der Waals surface area contributed by atoms with Crippen LogP contribution in [-0.2, 0) is 16.0 Å². The fourth-order valence-corrected chi connectivity index (χ4v) is 2.48. The molecule has 0 spiro atoms. The third-order valence-electron chi connectivity index (χ3n) is 2.94. The number of aryl methyl sites for hydroxylation is 1. The summed E-state index contributed by atoms with van der Waals surface area (Å²) in [6.45, 7) is 11.2. The van der Waals surface area contributed by atoms with Gasteiger partial charge in [-0.15, -0.1) is 11.3 Å². The van der Waals surface area contributed by atoms with Crippen molar-refractivity contribution in [3.63, 3.8) is 0 Å². The van der Waals surface area contributed by atoms with E-state index in [0.717, 1.165) is 43.5 Å². The molecule has 1 aromatic rings. The number of nitrogens with zero attached hydrogens (tertiary/aromatic N) is 2. The van der Waals surface area contributed by atoms with Gasteiger partial charge in [-0.25, -0.2) is 9.98 Å². The van der Waals surface area contributed by atoms with Crippen molar-refractivity contribution in [1.82, 2.24) is 15.6 Å². The van der Waals surface area contributed by atoms with E-state index < -0.39 is 0 Å². The molecule has 0 aromatic carbocycles. The molecule has 0 fully saturated rings. The number of rotatable bonds is 12. The van der Waals surface area contributed by atoms with E-state index in [-0.39, 0.29) is 0 Å². The van der Waals surface area contributed by atoms with Crippen LogP contribution >= 0.6 is 11.3 Å². The summed E-state index contributed by atoms with van der Waals surface area (Å²) in [5, 5.41) is 7.51. The smallest absolute Gasteiger partial charge is 0.191 e. The van der Waals surface area contributed by atoms with Gasteiger partial charge in [-0.1, -0.05) is 13.3 Å². The van der Waals surface area contributed by atoms with Gasteiger partial charge in [-0.05, 0) is 20.3 Å². The average Bonchev–Trinajstić information content (AvgIpc) is 2.96. The van der Waals surface area contributed by atoms with E-state index in [2.05, 4.69) is 41.4 Å². The van der Waals surface area contributed by atoms with Gasteiger partial charge in [0.15, 0.2) is 5.96 Å². The standard InChI is InChI=1S/C16H30N4O2S/c1-4-6-8-21-10-11-22-9-7-18-16(17-5-2)20-13-15-19-12-14(3)23-15/h12H,4-11,13H2,1-3H3,(H2,17,18,20). The van der Waals surface area contributed by atoms with Gasteiger partial charge in [0, 0.05) is 30.8 Å². The molecule has 1 rings (SSSR count). The third-order valence-corrected chi connectivity index (χ3v) is 3.84. The Bertz CT molecular complexity index is 437. The zero-order valence-electron chi connectivity index (χ0n) is 14.6. The Kier molecular flexibility index (Phi) is 11.5. The summed E-state index contributed by atoms with van der Waals surface area (Å²) in [7, 11) is 0. The molecule has 0 unspecified atom stereocenters. The molecule has 0 amide bonds. The first kappa shape index (κ1) is 19.9. The van der Waals surface area contributed by atoms with Gasteiger partial charge in [0.1, 0.15) is 5.01 Å². The summed E-state index contributed by atoms with van der Waals surface area (Å²) in [5.41, 5.74) is 0. The summed E-state index contributed by atoms with van der Waals surface area (Å²) < 4.78 is 11.0. The topological polar surface area (TPSA) is 67.8 Å². The molecular formula is C16H30N4O2S. The van der Waals surface area contributed by atoms with Crippen molar-refractivity contribution in [2.75, 3.05) is 39.5 Å². The van der Waals surface area contributed by atoms with Crippen LogP contribution < -0.4 is 10.6 Å². The highest BCUT2D eigenvalue weighted by Gasteiger charge is 2.00. The molecule has 0 aliphatic carbocycles. The van der Waals surface area contributed by atoms with Crippen LogP contribution in [-0.4, -0.2) is 50.5 Å². The molecule has 0 bridgehead atoms. The fraction of sp³-hybridized carbons (Fsp3) is 0.750. The quantitative estimate of drug-likeness (QED) is 0.347. The largest absolute Gasteiger partial charge is 0.379 e. The SMILES string of the molecule is CCCCOCCOCCNC(=NCc1ncc(C)s1)NCC.